The summed E-state index contributed by atoms with van der Waals surface area (Å²) >= 11 is 0. The lowest BCUT2D eigenvalue weighted by atomic mass is 9.93. The second kappa shape index (κ2) is 5.72. The van der Waals surface area contributed by atoms with Crippen LogP contribution in [0.25, 0.3) is 0 Å². The first-order chi connectivity index (χ1) is 7.06. The number of nitrogens with zero attached hydrogens (tertiary/aromatic N) is 1. The number of aliphatic hydroxyl groups is 2. The Labute approximate surface area is 88.7 Å². The van der Waals surface area contributed by atoms with Gasteiger partial charge < -0.3 is 15.1 Å². The smallest absolute Gasteiger partial charge is 0.245 e. The quantitative estimate of drug-likeness (QED) is 0.737. The molecule has 0 bridgehead atoms. The molecule has 15 heavy (non-hydrogen) atoms. The molecule has 0 aliphatic carbocycles. The average molecular weight is 223 g/mol. The fourth-order valence-electron chi connectivity index (χ4n) is 1.93. The highest BCUT2D eigenvalue weighted by atomic mass is 19.3. The van der Waals surface area contributed by atoms with Crippen LogP contribution in [0.15, 0.2) is 0 Å². The molecule has 0 aromatic heterocycles. The van der Waals surface area contributed by atoms with Gasteiger partial charge in [0.1, 0.15) is 0 Å². The fourth-order valence-corrected chi connectivity index (χ4v) is 1.93. The van der Waals surface area contributed by atoms with E-state index < -0.39 is 24.6 Å². The van der Waals surface area contributed by atoms with Crippen LogP contribution < -0.4 is 0 Å². The number of likely N-dealkylation sites (tertiary alicyclic amines) is 1. The van der Waals surface area contributed by atoms with Crippen molar-refractivity contribution in [2.45, 2.75) is 38.4 Å². The molecule has 1 heterocycles. The molecule has 0 aromatic rings. The fraction of sp³-hybridized carbons (Fsp3) is 1.00. The predicted molar refractivity (Wildman–Crippen MR) is 52.9 cm³/mol. The molecule has 0 radical (unpaired) electrons. The number of aliphatic hydroxyl groups excluding tert-OH is 2. The first-order valence-electron chi connectivity index (χ1n) is 5.43. The van der Waals surface area contributed by atoms with Crippen LogP contribution in [0.4, 0.5) is 8.78 Å². The van der Waals surface area contributed by atoms with Gasteiger partial charge in [-0.1, -0.05) is 13.3 Å². The van der Waals surface area contributed by atoms with Crippen molar-refractivity contribution in [1.29, 1.82) is 0 Å². The number of β-amino-alcohol motifs (C(OH)–C–C–N with tert-alkyl or cyclic N) is 1. The standard InChI is InChI=1S/C10H19F2NO2/c1-2-3-4-13-5-7(10(11)12)9(15)8(14)6-13/h7-10,14-15H,2-6H2,1H3/t7?,8?,9-/m1/s1. The molecular weight excluding hydrogens is 204 g/mol. The van der Waals surface area contributed by atoms with E-state index >= 15 is 0 Å². The van der Waals surface area contributed by atoms with E-state index in [1.165, 1.54) is 0 Å². The Morgan fingerprint density at radius 2 is 2.00 bits per heavy atom. The Morgan fingerprint density at radius 3 is 2.53 bits per heavy atom. The molecule has 1 aliphatic rings. The van der Waals surface area contributed by atoms with Gasteiger partial charge in [0.15, 0.2) is 0 Å². The second-order valence-electron chi connectivity index (χ2n) is 4.17. The summed E-state index contributed by atoms with van der Waals surface area (Å²) < 4.78 is 25.1. The maximum atomic E-state index is 12.5. The van der Waals surface area contributed by atoms with Crippen LogP contribution in [0, 0.1) is 5.92 Å². The largest absolute Gasteiger partial charge is 0.390 e. The van der Waals surface area contributed by atoms with Gasteiger partial charge in [0.05, 0.1) is 18.1 Å². The van der Waals surface area contributed by atoms with Crippen molar-refractivity contribution in [3.8, 4) is 0 Å². The molecule has 3 atom stereocenters. The molecule has 2 N–H and O–H groups in total. The minimum absolute atomic E-state index is 0.176. The van der Waals surface area contributed by atoms with E-state index in [0.717, 1.165) is 12.8 Å². The van der Waals surface area contributed by atoms with E-state index in [9.17, 15) is 19.0 Å². The lowest BCUT2D eigenvalue weighted by molar-refractivity contribution is -0.116. The van der Waals surface area contributed by atoms with Crippen LogP contribution >= 0.6 is 0 Å². The second-order valence-corrected chi connectivity index (χ2v) is 4.17. The van der Waals surface area contributed by atoms with Crippen molar-refractivity contribution in [1.82, 2.24) is 4.90 Å². The van der Waals surface area contributed by atoms with Crippen LogP contribution in [0.2, 0.25) is 0 Å². The van der Waals surface area contributed by atoms with E-state index in [1.807, 2.05) is 6.92 Å². The summed E-state index contributed by atoms with van der Waals surface area (Å²) in [6.45, 7) is 3.21. The van der Waals surface area contributed by atoms with Gasteiger partial charge in [-0.2, -0.15) is 0 Å². The number of piperidine rings is 1. The predicted octanol–water partition coefficient (Wildman–Crippen LogP) is 0.705. The van der Waals surface area contributed by atoms with Crippen LogP contribution in [0.5, 0.6) is 0 Å². The molecular formula is C10H19F2NO2. The van der Waals surface area contributed by atoms with Gasteiger partial charge in [-0.15, -0.1) is 0 Å². The van der Waals surface area contributed by atoms with Gasteiger partial charge >= 0.3 is 0 Å². The molecule has 0 aromatic carbocycles. The molecule has 1 aliphatic heterocycles. The maximum Gasteiger partial charge on any atom is 0.245 e. The lowest BCUT2D eigenvalue weighted by Gasteiger charge is -2.38. The third kappa shape index (κ3) is 3.36. The van der Waals surface area contributed by atoms with Gasteiger partial charge in [0, 0.05) is 13.1 Å². The van der Waals surface area contributed by atoms with Crippen molar-refractivity contribution in [2.75, 3.05) is 19.6 Å². The lowest BCUT2D eigenvalue weighted by Crippen LogP contribution is -2.54. The first kappa shape index (κ1) is 12.8. The van der Waals surface area contributed by atoms with Crippen molar-refractivity contribution in [3.05, 3.63) is 0 Å². The molecule has 3 nitrogen and oxygen atoms in total. The number of hydrogen-bond acceptors (Lipinski definition) is 3. The highest BCUT2D eigenvalue weighted by Crippen LogP contribution is 2.23. The summed E-state index contributed by atoms with van der Waals surface area (Å²) in [5, 5.41) is 18.8. The molecule has 90 valence electrons. The minimum atomic E-state index is -2.57. The Kier molecular flexibility index (Phi) is 4.89. The third-order valence-electron chi connectivity index (χ3n) is 2.90. The number of halogens is 2. The SMILES string of the molecule is CCCCN1CC(O)[C@H](O)C(C(F)F)C1. The van der Waals surface area contributed by atoms with E-state index in [1.54, 1.807) is 4.90 Å². The van der Waals surface area contributed by atoms with Gasteiger partial charge in [-0.3, -0.25) is 0 Å². The van der Waals surface area contributed by atoms with Crippen LogP contribution in [-0.2, 0) is 0 Å². The normalized spacial score (nSPS) is 33.6. The van der Waals surface area contributed by atoms with Gasteiger partial charge in [0.2, 0.25) is 6.43 Å². The number of rotatable bonds is 4. The van der Waals surface area contributed by atoms with Crippen LogP contribution in [0.3, 0.4) is 0 Å². The van der Waals surface area contributed by atoms with Crippen molar-refractivity contribution >= 4 is 0 Å². The molecule has 1 rings (SSSR count). The Hall–Kier alpha value is -0.260. The maximum absolute atomic E-state index is 12.5. The van der Waals surface area contributed by atoms with E-state index in [4.69, 9.17) is 0 Å². The Bertz CT molecular complexity index is 192. The average Bonchev–Trinajstić information content (AvgIpc) is 2.19. The van der Waals surface area contributed by atoms with E-state index in [-0.39, 0.29) is 6.54 Å². The molecule has 0 spiro atoms. The minimum Gasteiger partial charge on any atom is -0.390 e. The highest BCUT2D eigenvalue weighted by molar-refractivity contribution is 4.87. The molecule has 0 amide bonds. The van der Waals surface area contributed by atoms with Gasteiger partial charge in [0.25, 0.3) is 0 Å². The zero-order valence-corrected chi connectivity index (χ0v) is 8.94. The Balaban J connectivity index is 2.50. The number of hydrogen-bond donors (Lipinski definition) is 2. The molecule has 0 saturated carbocycles. The van der Waals surface area contributed by atoms with Gasteiger partial charge in [-0.25, -0.2) is 8.78 Å². The summed E-state index contributed by atoms with van der Waals surface area (Å²) in [4.78, 5) is 1.80. The Morgan fingerprint density at radius 1 is 1.33 bits per heavy atom. The molecule has 5 heteroatoms. The molecule has 2 unspecified atom stereocenters. The number of unbranched alkanes of at least 4 members (excludes halogenated alkanes) is 1. The zero-order chi connectivity index (χ0) is 11.4. The van der Waals surface area contributed by atoms with E-state index in [0.29, 0.717) is 13.1 Å². The topological polar surface area (TPSA) is 43.7 Å². The molecule has 1 saturated heterocycles. The van der Waals surface area contributed by atoms with Gasteiger partial charge in [-0.05, 0) is 13.0 Å². The first-order valence-corrected chi connectivity index (χ1v) is 5.43. The van der Waals surface area contributed by atoms with Crippen molar-refractivity contribution in [3.63, 3.8) is 0 Å². The van der Waals surface area contributed by atoms with Crippen LogP contribution in [-0.4, -0.2) is 53.4 Å². The number of alkyl halides is 2. The molecule has 1 fully saturated rings. The van der Waals surface area contributed by atoms with Crippen molar-refractivity contribution in [2.24, 2.45) is 5.92 Å². The zero-order valence-electron chi connectivity index (χ0n) is 8.94. The summed E-state index contributed by atoms with van der Waals surface area (Å²) in [6, 6.07) is 0. The summed E-state index contributed by atoms with van der Waals surface area (Å²) in [7, 11) is 0. The van der Waals surface area contributed by atoms with E-state index in [2.05, 4.69) is 0 Å². The summed E-state index contributed by atoms with van der Waals surface area (Å²) in [5.74, 6) is -1.12. The summed E-state index contributed by atoms with van der Waals surface area (Å²) in [6.07, 6.45) is -2.98. The van der Waals surface area contributed by atoms with Crippen LogP contribution in [0.1, 0.15) is 19.8 Å². The van der Waals surface area contributed by atoms with Crippen molar-refractivity contribution < 1.29 is 19.0 Å². The summed E-state index contributed by atoms with van der Waals surface area (Å²) in [5.41, 5.74) is 0. The third-order valence-corrected chi connectivity index (χ3v) is 2.90. The highest BCUT2D eigenvalue weighted by Gasteiger charge is 2.39. The monoisotopic (exact) mass is 223 g/mol.